The molecule has 0 aromatic carbocycles. The number of hydrogen-bond acceptors (Lipinski definition) is 4. The van der Waals surface area contributed by atoms with Crippen molar-refractivity contribution in [2.24, 2.45) is 14.1 Å². The standard InChI is InChI=1S/C14H18N4O2/c1-5-12-11(8-18(4)16-12)14(20)6-13(19)10-7-17(3)15-9(10)2/h7-8H,5-6H2,1-4H3. The largest absolute Gasteiger partial charge is 0.294 e. The average molecular weight is 274 g/mol. The summed E-state index contributed by atoms with van der Waals surface area (Å²) in [5.74, 6) is -0.394. The van der Waals surface area contributed by atoms with Gasteiger partial charge in [-0.2, -0.15) is 10.2 Å². The van der Waals surface area contributed by atoms with E-state index in [1.54, 1.807) is 42.8 Å². The van der Waals surface area contributed by atoms with Gasteiger partial charge in [0.05, 0.1) is 28.9 Å². The van der Waals surface area contributed by atoms with E-state index in [2.05, 4.69) is 10.2 Å². The quantitative estimate of drug-likeness (QED) is 0.611. The Balaban J connectivity index is 2.19. The summed E-state index contributed by atoms with van der Waals surface area (Å²) in [6.45, 7) is 3.70. The van der Waals surface area contributed by atoms with E-state index < -0.39 is 0 Å². The molecule has 0 atom stereocenters. The molecule has 0 N–H and O–H groups in total. The summed E-state index contributed by atoms with van der Waals surface area (Å²) in [5, 5.41) is 8.34. The zero-order chi connectivity index (χ0) is 14.9. The lowest BCUT2D eigenvalue weighted by Gasteiger charge is -1.99. The third-order valence-electron chi connectivity index (χ3n) is 3.18. The maximum absolute atomic E-state index is 12.2. The van der Waals surface area contributed by atoms with E-state index in [-0.39, 0.29) is 18.0 Å². The van der Waals surface area contributed by atoms with Crippen molar-refractivity contribution in [2.75, 3.05) is 0 Å². The molecule has 0 fully saturated rings. The average Bonchev–Trinajstić information content (AvgIpc) is 2.91. The maximum Gasteiger partial charge on any atom is 0.174 e. The topological polar surface area (TPSA) is 69.8 Å². The Morgan fingerprint density at radius 2 is 1.60 bits per heavy atom. The van der Waals surface area contributed by atoms with Gasteiger partial charge >= 0.3 is 0 Å². The second-order valence-corrected chi connectivity index (χ2v) is 4.84. The summed E-state index contributed by atoms with van der Waals surface area (Å²) < 4.78 is 3.18. The highest BCUT2D eigenvalue weighted by Crippen LogP contribution is 2.14. The predicted molar refractivity (Wildman–Crippen MR) is 73.8 cm³/mol. The molecular formula is C14H18N4O2. The number of rotatable bonds is 5. The second kappa shape index (κ2) is 5.40. The van der Waals surface area contributed by atoms with E-state index in [9.17, 15) is 9.59 Å². The highest BCUT2D eigenvalue weighted by molar-refractivity contribution is 6.14. The molecule has 2 heterocycles. The van der Waals surface area contributed by atoms with Crippen LogP contribution < -0.4 is 0 Å². The van der Waals surface area contributed by atoms with Crippen LogP contribution in [0.4, 0.5) is 0 Å². The Bertz CT molecular complexity index is 667. The number of carbonyl (C=O) groups is 2. The molecule has 0 aliphatic carbocycles. The first-order valence-electron chi connectivity index (χ1n) is 6.51. The molecule has 2 rings (SSSR count). The number of hydrogen-bond donors (Lipinski definition) is 0. The van der Waals surface area contributed by atoms with Crippen molar-refractivity contribution < 1.29 is 9.59 Å². The van der Waals surface area contributed by atoms with Crippen LogP contribution >= 0.6 is 0 Å². The minimum absolute atomic E-state index is 0.148. The molecule has 0 aliphatic heterocycles. The monoisotopic (exact) mass is 274 g/mol. The van der Waals surface area contributed by atoms with Crippen molar-refractivity contribution in [2.45, 2.75) is 26.7 Å². The minimum atomic E-state index is -0.202. The fraction of sp³-hybridized carbons (Fsp3) is 0.429. The highest BCUT2D eigenvalue weighted by Gasteiger charge is 2.20. The fourth-order valence-electron chi connectivity index (χ4n) is 2.24. The van der Waals surface area contributed by atoms with Gasteiger partial charge in [0.1, 0.15) is 0 Å². The summed E-state index contributed by atoms with van der Waals surface area (Å²) in [6.07, 6.45) is 3.84. The molecule has 2 aromatic heterocycles. The zero-order valence-corrected chi connectivity index (χ0v) is 12.2. The first-order chi connectivity index (χ1) is 9.42. The third kappa shape index (κ3) is 2.68. The van der Waals surface area contributed by atoms with Crippen molar-refractivity contribution in [1.29, 1.82) is 0 Å². The summed E-state index contributed by atoms with van der Waals surface area (Å²) in [6, 6.07) is 0. The van der Waals surface area contributed by atoms with Crippen LogP contribution in [0.5, 0.6) is 0 Å². The van der Waals surface area contributed by atoms with Gasteiger partial charge in [0, 0.05) is 26.5 Å². The number of aromatic nitrogens is 4. The van der Waals surface area contributed by atoms with Crippen molar-refractivity contribution in [3.8, 4) is 0 Å². The lowest BCUT2D eigenvalue weighted by Crippen LogP contribution is -2.10. The second-order valence-electron chi connectivity index (χ2n) is 4.84. The minimum Gasteiger partial charge on any atom is -0.294 e. The number of Topliss-reactive ketones (excluding diaryl/α,β-unsaturated/α-hetero) is 2. The van der Waals surface area contributed by atoms with E-state index in [0.29, 0.717) is 23.2 Å². The van der Waals surface area contributed by atoms with Gasteiger partial charge < -0.3 is 0 Å². The van der Waals surface area contributed by atoms with E-state index in [1.165, 1.54) is 0 Å². The molecule has 6 nitrogen and oxygen atoms in total. The highest BCUT2D eigenvalue weighted by atomic mass is 16.1. The molecule has 6 heteroatoms. The van der Waals surface area contributed by atoms with Gasteiger partial charge in [0.15, 0.2) is 11.6 Å². The third-order valence-corrected chi connectivity index (χ3v) is 3.18. The molecule has 0 unspecified atom stereocenters. The Morgan fingerprint density at radius 1 is 1.05 bits per heavy atom. The molecule has 0 amide bonds. The lowest BCUT2D eigenvalue weighted by molar-refractivity contribution is 0.0893. The fourth-order valence-corrected chi connectivity index (χ4v) is 2.24. The Kier molecular flexibility index (Phi) is 3.83. The maximum atomic E-state index is 12.2. The molecule has 0 saturated carbocycles. The van der Waals surface area contributed by atoms with Crippen LogP contribution in [0, 0.1) is 6.92 Å². The van der Waals surface area contributed by atoms with Crippen molar-refractivity contribution in [1.82, 2.24) is 19.6 Å². The molecule has 2 aromatic rings. The van der Waals surface area contributed by atoms with E-state index in [0.717, 1.165) is 5.69 Å². The van der Waals surface area contributed by atoms with Crippen LogP contribution in [-0.4, -0.2) is 31.1 Å². The van der Waals surface area contributed by atoms with Crippen LogP contribution in [-0.2, 0) is 20.5 Å². The normalized spacial score (nSPS) is 10.8. The van der Waals surface area contributed by atoms with E-state index >= 15 is 0 Å². The van der Waals surface area contributed by atoms with Crippen LogP contribution in [0.3, 0.4) is 0 Å². The van der Waals surface area contributed by atoms with Crippen LogP contribution in [0.15, 0.2) is 12.4 Å². The Labute approximate surface area is 117 Å². The molecular weight excluding hydrogens is 256 g/mol. The van der Waals surface area contributed by atoms with Gasteiger partial charge in [-0.1, -0.05) is 6.92 Å². The molecule has 0 aliphatic rings. The van der Waals surface area contributed by atoms with Gasteiger partial charge in [0.25, 0.3) is 0 Å². The van der Waals surface area contributed by atoms with Crippen molar-refractivity contribution in [3.05, 3.63) is 34.9 Å². The van der Waals surface area contributed by atoms with E-state index in [1.807, 2.05) is 6.92 Å². The number of carbonyl (C=O) groups excluding carboxylic acids is 2. The summed E-state index contributed by atoms with van der Waals surface area (Å²) in [4.78, 5) is 24.4. The van der Waals surface area contributed by atoms with Gasteiger partial charge in [0.2, 0.25) is 0 Å². The van der Waals surface area contributed by atoms with Crippen molar-refractivity contribution >= 4 is 11.6 Å². The Morgan fingerprint density at radius 3 is 2.15 bits per heavy atom. The number of aryl methyl sites for hydroxylation is 4. The number of nitrogens with zero attached hydrogens (tertiary/aromatic N) is 4. The summed E-state index contributed by atoms with van der Waals surface area (Å²) in [7, 11) is 3.52. The van der Waals surface area contributed by atoms with Crippen LogP contribution in [0.25, 0.3) is 0 Å². The first-order valence-corrected chi connectivity index (χ1v) is 6.51. The van der Waals surface area contributed by atoms with Gasteiger partial charge in [-0.15, -0.1) is 0 Å². The van der Waals surface area contributed by atoms with Crippen LogP contribution in [0.1, 0.15) is 45.4 Å². The molecule has 0 radical (unpaired) electrons. The van der Waals surface area contributed by atoms with Gasteiger partial charge in [-0.25, -0.2) is 0 Å². The summed E-state index contributed by atoms with van der Waals surface area (Å²) >= 11 is 0. The van der Waals surface area contributed by atoms with Gasteiger partial charge in [-0.05, 0) is 13.3 Å². The Hall–Kier alpha value is -2.24. The zero-order valence-electron chi connectivity index (χ0n) is 12.2. The lowest BCUT2D eigenvalue weighted by atomic mass is 10.0. The molecule has 0 bridgehead atoms. The molecule has 20 heavy (non-hydrogen) atoms. The smallest absolute Gasteiger partial charge is 0.174 e. The van der Waals surface area contributed by atoms with Crippen LogP contribution in [0.2, 0.25) is 0 Å². The van der Waals surface area contributed by atoms with Crippen molar-refractivity contribution in [3.63, 3.8) is 0 Å². The predicted octanol–water partition coefficient (Wildman–Crippen LogP) is 1.48. The first kappa shape index (κ1) is 14.2. The molecule has 0 spiro atoms. The molecule has 0 saturated heterocycles. The summed E-state index contributed by atoms with van der Waals surface area (Å²) in [5.41, 5.74) is 2.41. The van der Waals surface area contributed by atoms with E-state index in [4.69, 9.17) is 0 Å². The SMILES string of the molecule is CCc1nn(C)cc1C(=O)CC(=O)c1cn(C)nc1C. The van der Waals surface area contributed by atoms with Gasteiger partial charge in [-0.3, -0.25) is 19.0 Å². The number of ketones is 2. The molecule has 106 valence electrons.